The van der Waals surface area contributed by atoms with Crippen LogP contribution in [0.5, 0.6) is 0 Å². The van der Waals surface area contributed by atoms with Gasteiger partial charge >= 0.3 is 11.9 Å². The van der Waals surface area contributed by atoms with E-state index in [1.54, 1.807) is 6.92 Å². The molecule has 0 amide bonds. The van der Waals surface area contributed by atoms with Crippen LogP contribution in [0.4, 0.5) is 0 Å². The van der Waals surface area contributed by atoms with Crippen LogP contribution in [0.3, 0.4) is 0 Å². The van der Waals surface area contributed by atoms with Gasteiger partial charge in [-0.3, -0.25) is 4.79 Å². The molecule has 5 nitrogen and oxygen atoms in total. The summed E-state index contributed by atoms with van der Waals surface area (Å²) in [6, 6.07) is 0. The van der Waals surface area contributed by atoms with Crippen LogP contribution in [0.2, 0.25) is 0 Å². The Morgan fingerprint density at radius 2 is 1.81 bits per heavy atom. The zero-order chi connectivity index (χ0) is 15.7. The van der Waals surface area contributed by atoms with E-state index in [1.165, 1.54) is 12.8 Å². The second-order valence-electron chi connectivity index (χ2n) is 5.82. The fourth-order valence-corrected chi connectivity index (χ4v) is 2.54. The number of unbranched alkanes of at least 4 members (excludes halogenated alkanes) is 3. The van der Waals surface area contributed by atoms with Gasteiger partial charge in [0, 0.05) is 6.61 Å². The van der Waals surface area contributed by atoms with Gasteiger partial charge in [-0.25, -0.2) is 4.79 Å². The summed E-state index contributed by atoms with van der Waals surface area (Å²) >= 11 is 0. The van der Waals surface area contributed by atoms with Crippen LogP contribution < -0.4 is 0 Å². The highest BCUT2D eigenvalue weighted by Crippen LogP contribution is 2.26. The number of carbonyl (C=O) groups is 2. The second-order valence-corrected chi connectivity index (χ2v) is 5.82. The molecule has 0 radical (unpaired) electrons. The number of ether oxygens (including phenoxy) is 2. The maximum Gasteiger partial charge on any atom is 0.335 e. The van der Waals surface area contributed by atoms with E-state index < -0.39 is 12.1 Å². The summed E-state index contributed by atoms with van der Waals surface area (Å²) in [5.41, 5.74) is 0. The third-order valence-corrected chi connectivity index (χ3v) is 4.00. The van der Waals surface area contributed by atoms with Crippen molar-refractivity contribution in [3.63, 3.8) is 0 Å². The predicted octanol–water partition coefficient (Wildman–Crippen LogP) is 3.16. The van der Waals surface area contributed by atoms with E-state index in [4.69, 9.17) is 14.6 Å². The van der Waals surface area contributed by atoms with Gasteiger partial charge in [0.1, 0.15) is 6.10 Å². The molecular weight excluding hydrogens is 272 g/mol. The molecule has 1 saturated carbocycles. The molecular formula is C16H28O5. The normalized spacial score (nSPS) is 23.5. The minimum absolute atomic E-state index is 0.153. The van der Waals surface area contributed by atoms with Crippen LogP contribution in [0.25, 0.3) is 0 Å². The third-order valence-electron chi connectivity index (χ3n) is 4.00. The summed E-state index contributed by atoms with van der Waals surface area (Å²) < 4.78 is 10.9. The number of hydrogen-bond donors (Lipinski definition) is 1. The van der Waals surface area contributed by atoms with Crippen molar-refractivity contribution in [2.24, 2.45) is 5.92 Å². The smallest absolute Gasteiger partial charge is 0.335 e. The van der Waals surface area contributed by atoms with E-state index in [2.05, 4.69) is 6.92 Å². The minimum Gasteiger partial charge on any atom is -0.481 e. The summed E-state index contributed by atoms with van der Waals surface area (Å²) in [7, 11) is 0. The summed E-state index contributed by atoms with van der Waals surface area (Å²) in [4.78, 5) is 22.7. The Morgan fingerprint density at radius 1 is 1.14 bits per heavy atom. The molecule has 1 rings (SSSR count). The zero-order valence-electron chi connectivity index (χ0n) is 13.2. The molecule has 0 saturated heterocycles. The van der Waals surface area contributed by atoms with E-state index >= 15 is 0 Å². The first kappa shape index (κ1) is 18.0. The quantitative estimate of drug-likeness (QED) is 0.523. The van der Waals surface area contributed by atoms with Crippen molar-refractivity contribution in [1.29, 1.82) is 0 Å². The fourth-order valence-electron chi connectivity index (χ4n) is 2.54. The van der Waals surface area contributed by atoms with Gasteiger partial charge in [-0.1, -0.05) is 26.2 Å². The average Bonchev–Trinajstić information content (AvgIpc) is 2.47. The van der Waals surface area contributed by atoms with Gasteiger partial charge < -0.3 is 14.6 Å². The topological polar surface area (TPSA) is 72.8 Å². The van der Waals surface area contributed by atoms with Gasteiger partial charge in [-0.15, -0.1) is 0 Å². The molecule has 1 aliphatic rings. The Balaban J connectivity index is 2.16. The Kier molecular flexibility index (Phi) is 8.35. The van der Waals surface area contributed by atoms with Crippen molar-refractivity contribution < 1.29 is 24.2 Å². The summed E-state index contributed by atoms with van der Waals surface area (Å²) in [6.45, 7) is 4.45. The number of carbonyl (C=O) groups excluding carboxylic acids is 1. The molecule has 0 bridgehead atoms. The molecule has 0 aromatic carbocycles. The number of esters is 1. The largest absolute Gasteiger partial charge is 0.481 e. The standard InChI is InChI=1S/C16H28O5/c1-3-4-5-6-11-20-12(2)16(19)21-14-9-7-13(8-10-14)15(17)18/h12-14H,3-11H2,1-2H3,(H,17,18)/t12-,13-,14-/m1/s1. The average molecular weight is 300 g/mol. The van der Waals surface area contributed by atoms with Crippen molar-refractivity contribution in [3.8, 4) is 0 Å². The van der Waals surface area contributed by atoms with E-state index in [1.807, 2.05) is 0 Å². The Hall–Kier alpha value is -1.10. The fraction of sp³-hybridized carbons (Fsp3) is 0.875. The minimum atomic E-state index is -0.747. The van der Waals surface area contributed by atoms with E-state index in [0.29, 0.717) is 32.3 Å². The molecule has 1 fully saturated rings. The summed E-state index contributed by atoms with van der Waals surface area (Å²) in [5.74, 6) is -1.36. The van der Waals surface area contributed by atoms with Gasteiger partial charge in [-0.05, 0) is 39.0 Å². The van der Waals surface area contributed by atoms with Crippen molar-refractivity contribution in [3.05, 3.63) is 0 Å². The maximum atomic E-state index is 11.9. The molecule has 0 heterocycles. The zero-order valence-corrected chi connectivity index (χ0v) is 13.2. The molecule has 1 aliphatic carbocycles. The van der Waals surface area contributed by atoms with Crippen molar-refractivity contribution in [2.45, 2.75) is 77.4 Å². The summed E-state index contributed by atoms with van der Waals surface area (Å²) in [5, 5.41) is 8.93. The molecule has 5 heteroatoms. The Labute approximate surface area is 127 Å². The Bertz CT molecular complexity index is 321. The van der Waals surface area contributed by atoms with E-state index in [9.17, 15) is 9.59 Å². The highest BCUT2D eigenvalue weighted by atomic mass is 16.6. The van der Waals surface area contributed by atoms with Crippen LogP contribution in [-0.2, 0) is 19.1 Å². The Morgan fingerprint density at radius 3 is 2.38 bits per heavy atom. The van der Waals surface area contributed by atoms with E-state index in [-0.39, 0.29) is 18.0 Å². The highest BCUT2D eigenvalue weighted by Gasteiger charge is 2.29. The number of carboxylic acid groups (broad SMARTS) is 1. The van der Waals surface area contributed by atoms with E-state index in [0.717, 1.165) is 12.8 Å². The van der Waals surface area contributed by atoms with Gasteiger partial charge in [0.15, 0.2) is 6.10 Å². The maximum absolute atomic E-state index is 11.9. The molecule has 0 aromatic rings. The van der Waals surface area contributed by atoms with Crippen LogP contribution in [0.1, 0.15) is 65.2 Å². The van der Waals surface area contributed by atoms with Gasteiger partial charge in [0.05, 0.1) is 5.92 Å². The molecule has 21 heavy (non-hydrogen) atoms. The molecule has 0 spiro atoms. The van der Waals surface area contributed by atoms with Gasteiger partial charge in [0.2, 0.25) is 0 Å². The molecule has 0 unspecified atom stereocenters. The lowest BCUT2D eigenvalue weighted by Gasteiger charge is -2.26. The SMILES string of the molecule is CCCCCCO[C@H](C)C(=O)O[C@H]1CC[C@H](C(=O)O)CC1. The first-order valence-corrected chi connectivity index (χ1v) is 8.09. The van der Waals surface area contributed by atoms with Crippen LogP contribution in [-0.4, -0.2) is 35.9 Å². The summed E-state index contributed by atoms with van der Waals surface area (Å²) in [6.07, 6.45) is 6.19. The number of hydrogen-bond acceptors (Lipinski definition) is 4. The lowest BCUT2D eigenvalue weighted by Crippen LogP contribution is -2.32. The second kappa shape index (κ2) is 9.77. The van der Waals surface area contributed by atoms with Gasteiger partial charge in [-0.2, -0.15) is 0 Å². The third kappa shape index (κ3) is 6.93. The lowest BCUT2D eigenvalue weighted by atomic mass is 9.87. The van der Waals surface area contributed by atoms with Crippen molar-refractivity contribution >= 4 is 11.9 Å². The molecule has 1 N–H and O–H groups in total. The van der Waals surface area contributed by atoms with Crippen LogP contribution >= 0.6 is 0 Å². The van der Waals surface area contributed by atoms with Crippen molar-refractivity contribution in [1.82, 2.24) is 0 Å². The number of aliphatic carboxylic acids is 1. The monoisotopic (exact) mass is 300 g/mol. The molecule has 1 atom stereocenters. The number of rotatable bonds is 9. The highest BCUT2D eigenvalue weighted by molar-refractivity contribution is 5.74. The van der Waals surface area contributed by atoms with Gasteiger partial charge in [0.25, 0.3) is 0 Å². The van der Waals surface area contributed by atoms with Crippen molar-refractivity contribution in [2.75, 3.05) is 6.61 Å². The molecule has 0 aromatic heterocycles. The molecule has 122 valence electrons. The lowest BCUT2D eigenvalue weighted by molar-refractivity contribution is -0.164. The first-order valence-electron chi connectivity index (χ1n) is 8.09. The first-order chi connectivity index (χ1) is 10.0. The van der Waals surface area contributed by atoms with Crippen LogP contribution in [0.15, 0.2) is 0 Å². The predicted molar refractivity (Wildman–Crippen MR) is 79.0 cm³/mol. The number of carboxylic acids is 1. The van der Waals surface area contributed by atoms with Crippen LogP contribution in [0, 0.1) is 5.92 Å². The molecule has 0 aliphatic heterocycles.